The molecule has 0 atom stereocenters. The smallest absolute Gasteiger partial charge is 0.269 e. The van der Waals surface area contributed by atoms with Crippen LogP contribution in [0.5, 0.6) is 17.2 Å². The highest BCUT2D eigenvalue weighted by Gasteiger charge is 2.13. The van der Waals surface area contributed by atoms with Crippen LogP contribution in [0.25, 0.3) is 0 Å². The van der Waals surface area contributed by atoms with Crippen molar-refractivity contribution < 1.29 is 28.6 Å². The topological polar surface area (TPSA) is 129 Å². The van der Waals surface area contributed by atoms with Crippen LogP contribution in [0.15, 0.2) is 42.5 Å². The van der Waals surface area contributed by atoms with Crippen molar-refractivity contribution in [1.29, 1.82) is 0 Å². The fourth-order valence-electron chi connectivity index (χ4n) is 2.25. The molecule has 2 aromatic carbocycles. The van der Waals surface area contributed by atoms with E-state index in [4.69, 9.17) is 19.9 Å². The number of nitrogens with one attached hydrogen (secondary N) is 2. The Morgan fingerprint density at radius 2 is 1.52 bits per heavy atom. The molecule has 2 rings (SSSR count). The molecule has 154 valence electrons. The second kappa shape index (κ2) is 10.5. The van der Waals surface area contributed by atoms with E-state index in [1.165, 1.54) is 37.4 Å². The molecule has 0 aromatic heterocycles. The molecule has 29 heavy (non-hydrogen) atoms. The Morgan fingerprint density at radius 1 is 0.897 bits per heavy atom. The second-order valence-corrected chi connectivity index (χ2v) is 5.90. The van der Waals surface area contributed by atoms with E-state index in [0.717, 1.165) is 6.42 Å². The van der Waals surface area contributed by atoms with Crippen molar-refractivity contribution in [3.63, 3.8) is 0 Å². The van der Waals surface area contributed by atoms with Gasteiger partial charge in [0.25, 0.3) is 17.7 Å². The highest BCUT2D eigenvalue weighted by molar-refractivity contribution is 5.99. The van der Waals surface area contributed by atoms with E-state index < -0.39 is 17.7 Å². The maximum Gasteiger partial charge on any atom is 0.269 e. The molecular formula is C20H23N3O6. The summed E-state index contributed by atoms with van der Waals surface area (Å²) in [5.74, 6) is -0.287. The first-order valence-electron chi connectivity index (χ1n) is 8.87. The van der Waals surface area contributed by atoms with Crippen LogP contribution in [0.3, 0.4) is 0 Å². The molecule has 0 aliphatic heterocycles. The Labute approximate surface area is 168 Å². The Morgan fingerprint density at radius 3 is 2.10 bits per heavy atom. The van der Waals surface area contributed by atoms with Gasteiger partial charge in [0.2, 0.25) is 0 Å². The van der Waals surface area contributed by atoms with Gasteiger partial charge >= 0.3 is 0 Å². The summed E-state index contributed by atoms with van der Waals surface area (Å²) in [6, 6.07) is 10.7. The van der Waals surface area contributed by atoms with Crippen LogP contribution in [0, 0.1) is 0 Å². The van der Waals surface area contributed by atoms with Crippen molar-refractivity contribution in [2.24, 2.45) is 5.73 Å². The molecule has 4 N–H and O–H groups in total. The molecule has 0 radical (unpaired) electrons. The Balaban J connectivity index is 1.94. The summed E-state index contributed by atoms with van der Waals surface area (Å²) in [6.07, 6.45) is 0.843. The van der Waals surface area contributed by atoms with E-state index in [-0.39, 0.29) is 12.2 Å². The normalized spacial score (nSPS) is 10.0. The summed E-state index contributed by atoms with van der Waals surface area (Å²) in [5.41, 5.74) is 10.2. The number of ether oxygens (including phenoxy) is 3. The molecule has 9 heteroatoms. The molecule has 0 unspecified atom stereocenters. The van der Waals surface area contributed by atoms with Crippen molar-refractivity contribution in [3.8, 4) is 17.2 Å². The standard InChI is InChI=1S/C20H23N3O6/c1-3-10-28-16-9-6-14(11-17(16)27-2)20(26)23-22-19(25)13-4-7-15(8-5-13)29-12-18(21)24/h4-9,11H,3,10,12H2,1-2H3,(H2,21,24)(H,22,25)(H,23,26). The second-order valence-electron chi connectivity index (χ2n) is 5.90. The number of hydrogen-bond acceptors (Lipinski definition) is 6. The fourth-order valence-corrected chi connectivity index (χ4v) is 2.25. The van der Waals surface area contributed by atoms with E-state index in [2.05, 4.69) is 10.9 Å². The number of carbonyl (C=O) groups excluding carboxylic acids is 3. The van der Waals surface area contributed by atoms with Gasteiger partial charge in [-0.25, -0.2) is 0 Å². The first-order valence-corrected chi connectivity index (χ1v) is 8.87. The third kappa shape index (κ3) is 6.42. The number of amides is 3. The van der Waals surface area contributed by atoms with Gasteiger partial charge in [-0.15, -0.1) is 0 Å². The van der Waals surface area contributed by atoms with E-state index in [0.29, 0.717) is 29.4 Å². The van der Waals surface area contributed by atoms with E-state index in [1.807, 2.05) is 6.92 Å². The lowest BCUT2D eigenvalue weighted by molar-refractivity contribution is -0.119. The summed E-state index contributed by atoms with van der Waals surface area (Å²) in [4.78, 5) is 35.2. The van der Waals surface area contributed by atoms with Crippen LogP contribution in [0.4, 0.5) is 0 Å². The molecule has 0 saturated carbocycles. The SMILES string of the molecule is CCCOc1ccc(C(=O)NNC(=O)c2ccc(OCC(N)=O)cc2)cc1OC. The average Bonchev–Trinajstić information content (AvgIpc) is 2.74. The zero-order chi connectivity index (χ0) is 21.2. The number of methoxy groups -OCH3 is 1. The largest absolute Gasteiger partial charge is 0.493 e. The van der Waals surface area contributed by atoms with Crippen LogP contribution >= 0.6 is 0 Å². The fraction of sp³-hybridized carbons (Fsp3) is 0.250. The Bertz CT molecular complexity index is 867. The average molecular weight is 401 g/mol. The van der Waals surface area contributed by atoms with Crippen molar-refractivity contribution in [2.75, 3.05) is 20.3 Å². The van der Waals surface area contributed by atoms with Gasteiger partial charge in [0.1, 0.15) is 5.75 Å². The summed E-state index contributed by atoms with van der Waals surface area (Å²) < 4.78 is 15.9. The van der Waals surface area contributed by atoms with Crippen molar-refractivity contribution in [3.05, 3.63) is 53.6 Å². The molecule has 2 aromatic rings. The van der Waals surface area contributed by atoms with E-state index in [1.54, 1.807) is 12.1 Å². The number of hydrogen-bond donors (Lipinski definition) is 3. The molecule has 3 amide bonds. The number of rotatable bonds is 9. The van der Waals surface area contributed by atoms with Crippen LogP contribution in [0.1, 0.15) is 34.1 Å². The van der Waals surface area contributed by atoms with Gasteiger partial charge in [0.15, 0.2) is 18.1 Å². The van der Waals surface area contributed by atoms with Gasteiger partial charge in [0.05, 0.1) is 13.7 Å². The summed E-state index contributed by atoms with van der Waals surface area (Å²) in [5, 5.41) is 0. The minimum atomic E-state index is -0.601. The van der Waals surface area contributed by atoms with Gasteiger partial charge in [-0.2, -0.15) is 0 Å². The predicted octanol–water partition coefficient (Wildman–Crippen LogP) is 1.42. The maximum atomic E-state index is 12.3. The van der Waals surface area contributed by atoms with Gasteiger partial charge < -0.3 is 19.9 Å². The van der Waals surface area contributed by atoms with Gasteiger partial charge in [0, 0.05) is 11.1 Å². The summed E-state index contributed by atoms with van der Waals surface area (Å²) >= 11 is 0. The molecule has 0 aliphatic carbocycles. The van der Waals surface area contributed by atoms with Crippen LogP contribution < -0.4 is 30.8 Å². The van der Waals surface area contributed by atoms with Crippen LogP contribution in [-0.2, 0) is 4.79 Å². The van der Waals surface area contributed by atoms with E-state index >= 15 is 0 Å². The molecule has 0 saturated heterocycles. The van der Waals surface area contributed by atoms with Crippen molar-refractivity contribution in [2.45, 2.75) is 13.3 Å². The number of hydrazine groups is 1. The zero-order valence-corrected chi connectivity index (χ0v) is 16.2. The predicted molar refractivity (Wildman–Crippen MR) is 105 cm³/mol. The number of benzene rings is 2. The molecule has 0 aliphatic rings. The first-order chi connectivity index (χ1) is 13.9. The van der Waals surface area contributed by atoms with Crippen LogP contribution in [0.2, 0.25) is 0 Å². The first kappa shape index (κ1) is 21.5. The maximum absolute atomic E-state index is 12.3. The lowest BCUT2D eigenvalue weighted by atomic mass is 10.2. The summed E-state index contributed by atoms with van der Waals surface area (Å²) in [7, 11) is 1.48. The number of carbonyl (C=O) groups is 3. The van der Waals surface area contributed by atoms with E-state index in [9.17, 15) is 14.4 Å². The minimum Gasteiger partial charge on any atom is -0.493 e. The third-order valence-electron chi connectivity index (χ3n) is 3.67. The lowest BCUT2D eigenvalue weighted by Gasteiger charge is -2.12. The molecule has 9 nitrogen and oxygen atoms in total. The highest BCUT2D eigenvalue weighted by Crippen LogP contribution is 2.28. The molecule has 0 spiro atoms. The van der Waals surface area contributed by atoms with Gasteiger partial charge in [-0.3, -0.25) is 25.2 Å². The molecular weight excluding hydrogens is 378 g/mol. The minimum absolute atomic E-state index is 0.257. The Hall–Kier alpha value is -3.75. The number of primary amides is 1. The van der Waals surface area contributed by atoms with Gasteiger partial charge in [-0.05, 0) is 48.9 Å². The monoisotopic (exact) mass is 401 g/mol. The lowest BCUT2D eigenvalue weighted by Crippen LogP contribution is -2.41. The van der Waals surface area contributed by atoms with Crippen molar-refractivity contribution in [1.82, 2.24) is 10.9 Å². The van der Waals surface area contributed by atoms with Crippen molar-refractivity contribution >= 4 is 17.7 Å². The van der Waals surface area contributed by atoms with Gasteiger partial charge in [-0.1, -0.05) is 6.92 Å². The zero-order valence-electron chi connectivity index (χ0n) is 16.2. The quantitative estimate of drug-likeness (QED) is 0.545. The van der Waals surface area contributed by atoms with Crippen LogP contribution in [-0.4, -0.2) is 38.0 Å². The molecule has 0 heterocycles. The molecule has 0 bridgehead atoms. The number of nitrogens with two attached hydrogens (primary N) is 1. The third-order valence-corrected chi connectivity index (χ3v) is 3.67. The highest BCUT2D eigenvalue weighted by atomic mass is 16.5. The molecule has 0 fully saturated rings. The Kier molecular flexibility index (Phi) is 7.84. The summed E-state index contributed by atoms with van der Waals surface area (Å²) in [6.45, 7) is 2.26.